The molecule has 1 aromatic rings. The van der Waals surface area contributed by atoms with Crippen LogP contribution in [0.25, 0.3) is 0 Å². The molecular formula is C35H42F6N9O6+. The molecule has 2 aliphatic carbocycles. The fourth-order valence-corrected chi connectivity index (χ4v) is 7.67. The van der Waals surface area contributed by atoms with E-state index in [1.807, 2.05) is 0 Å². The summed E-state index contributed by atoms with van der Waals surface area (Å²) < 4.78 is 82.8. The van der Waals surface area contributed by atoms with Crippen LogP contribution in [-0.2, 0) is 34.9 Å². The van der Waals surface area contributed by atoms with Gasteiger partial charge in [-0.05, 0) is 24.8 Å². The van der Waals surface area contributed by atoms with Crippen LogP contribution < -0.4 is 42.5 Å². The molecule has 0 radical (unpaired) electrons. The number of carbonyl (C=O) groups is 6. The third-order valence-corrected chi connectivity index (χ3v) is 10.2. The molecular weight excluding hydrogens is 756 g/mol. The molecule has 0 aromatic heterocycles. The third kappa shape index (κ3) is 8.49. The highest BCUT2D eigenvalue weighted by molar-refractivity contribution is 6.04. The van der Waals surface area contributed by atoms with E-state index < -0.39 is 101 Å². The van der Waals surface area contributed by atoms with Gasteiger partial charge in [0.1, 0.15) is 17.8 Å². The standard InChI is InChI=1S/C35H41F6N9O6/c1-44-17-27(53)46-8-10-49(9-7-45-25(51)15-42)28(54)14-23(47-26(52)16-43)32(55)48-24-11-18-5-6-20(35(39,40)41)13-22-29(18)31-30(22)50(31,33(24)56)21-4-2-3-19(12-21)34(36,37)38/h2-6,12-13,22-24,30-31,44H,7-11,14-17,42-43H2,1H3,(H3-,45,46,47,48,51,52,53,55)/p+1. The van der Waals surface area contributed by atoms with Crippen molar-refractivity contribution in [2.75, 3.05) is 52.9 Å². The van der Waals surface area contributed by atoms with Crippen molar-refractivity contribution < 1.29 is 55.1 Å². The number of amides is 6. The highest BCUT2D eigenvalue weighted by Gasteiger charge is 2.86. The molecule has 5 rings (SSSR count). The average Bonchev–Trinajstić information content (AvgIpc) is 3.79. The number of likely N-dealkylation sites (N-methyl/N-ethyl adjacent to an activating group) is 1. The van der Waals surface area contributed by atoms with Crippen molar-refractivity contribution in [3.63, 3.8) is 0 Å². The highest BCUT2D eigenvalue weighted by atomic mass is 19.4. The number of halogens is 6. The summed E-state index contributed by atoms with van der Waals surface area (Å²) in [5.74, 6) is -5.26. The molecule has 1 aromatic carbocycles. The molecule has 9 N–H and O–H groups in total. The van der Waals surface area contributed by atoms with Gasteiger partial charge in [0.2, 0.25) is 29.5 Å². The first kappa shape index (κ1) is 42.0. The molecule has 0 spiro atoms. The van der Waals surface area contributed by atoms with E-state index in [2.05, 4.69) is 26.6 Å². The quantitative estimate of drug-likeness (QED) is 0.0635. The van der Waals surface area contributed by atoms with Crippen molar-refractivity contribution in [3.8, 4) is 0 Å². The molecule has 4 aliphatic rings. The van der Waals surface area contributed by atoms with E-state index in [1.165, 1.54) is 17.0 Å². The molecule has 21 heteroatoms. The van der Waals surface area contributed by atoms with Gasteiger partial charge in [0.15, 0.2) is 12.1 Å². The van der Waals surface area contributed by atoms with Crippen molar-refractivity contribution >= 4 is 41.1 Å². The lowest BCUT2D eigenvalue weighted by atomic mass is 9.75. The molecule has 6 amide bonds. The number of quaternary nitrogens is 1. The number of fused-ring (bicyclic) bond motifs is 2. The van der Waals surface area contributed by atoms with Gasteiger partial charge < -0.3 is 43.0 Å². The van der Waals surface area contributed by atoms with Gasteiger partial charge in [-0.25, -0.2) is 9.28 Å². The Balaban J connectivity index is 1.44. The van der Waals surface area contributed by atoms with Crippen LogP contribution in [0, 0.1) is 5.92 Å². The lowest BCUT2D eigenvalue weighted by molar-refractivity contribution is -0.138. The summed E-state index contributed by atoms with van der Waals surface area (Å²) in [5, 5.41) is 12.6. The van der Waals surface area contributed by atoms with Crippen molar-refractivity contribution in [1.82, 2.24) is 36.0 Å². The molecule has 6 atom stereocenters. The fourth-order valence-electron chi connectivity index (χ4n) is 7.67. The zero-order valence-electron chi connectivity index (χ0n) is 30.1. The largest absolute Gasteiger partial charge is 0.416 e. The number of hydrogen-bond acceptors (Lipinski definition) is 9. The van der Waals surface area contributed by atoms with Crippen LogP contribution in [0.15, 0.2) is 59.2 Å². The first-order chi connectivity index (χ1) is 26.4. The number of rotatable bonds is 16. The van der Waals surface area contributed by atoms with Gasteiger partial charge >= 0.3 is 18.3 Å². The Morgan fingerprint density at radius 3 is 2.20 bits per heavy atom. The second-order valence-corrected chi connectivity index (χ2v) is 13.7. The Morgan fingerprint density at radius 1 is 0.929 bits per heavy atom. The summed E-state index contributed by atoms with van der Waals surface area (Å²) in [4.78, 5) is 79.7. The number of nitrogens with one attached hydrogen (secondary N) is 5. The molecule has 56 heavy (non-hydrogen) atoms. The highest BCUT2D eigenvalue weighted by Crippen LogP contribution is 2.67. The number of nitrogens with zero attached hydrogens (tertiary/aromatic N) is 2. The summed E-state index contributed by atoms with van der Waals surface area (Å²) in [7, 11) is 1.55. The summed E-state index contributed by atoms with van der Waals surface area (Å²) in [6, 6.07) is -0.886. The van der Waals surface area contributed by atoms with Crippen LogP contribution in [0.4, 0.5) is 32.0 Å². The van der Waals surface area contributed by atoms with E-state index in [0.717, 1.165) is 30.4 Å². The second kappa shape index (κ2) is 16.5. The molecule has 1 saturated carbocycles. The van der Waals surface area contributed by atoms with E-state index in [9.17, 15) is 55.1 Å². The summed E-state index contributed by atoms with van der Waals surface area (Å²) in [6.45, 7) is -1.25. The number of allylic oxidation sites excluding steroid dienone is 3. The average molecular weight is 799 g/mol. The lowest BCUT2D eigenvalue weighted by Crippen LogP contribution is -2.57. The van der Waals surface area contributed by atoms with E-state index in [-0.39, 0.29) is 57.3 Å². The van der Waals surface area contributed by atoms with E-state index in [1.54, 1.807) is 7.05 Å². The summed E-state index contributed by atoms with van der Waals surface area (Å²) >= 11 is 0. The van der Waals surface area contributed by atoms with E-state index in [4.69, 9.17) is 11.5 Å². The van der Waals surface area contributed by atoms with Crippen LogP contribution in [0.3, 0.4) is 0 Å². The lowest BCUT2D eigenvalue weighted by Gasteiger charge is -2.29. The summed E-state index contributed by atoms with van der Waals surface area (Å²) in [5.41, 5.74) is 9.34. The maximum absolute atomic E-state index is 14.6. The Kier molecular flexibility index (Phi) is 12.4. The molecule has 2 aliphatic heterocycles. The minimum Gasteiger partial charge on any atom is -0.353 e. The van der Waals surface area contributed by atoms with Gasteiger partial charge in [-0.3, -0.25) is 24.0 Å². The molecule has 304 valence electrons. The number of nitrogens with two attached hydrogens (primary N) is 2. The Labute approximate surface area is 316 Å². The number of hydrogen-bond donors (Lipinski definition) is 7. The fraction of sp³-hybridized carbons (Fsp3) is 0.486. The van der Waals surface area contributed by atoms with Crippen molar-refractivity contribution in [3.05, 3.63) is 64.8 Å². The van der Waals surface area contributed by atoms with Crippen LogP contribution in [0.5, 0.6) is 0 Å². The minimum absolute atomic E-state index is 0.0160. The normalized spacial score (nSPS) is 24.0. The molecule has 6 unspecified atom stereocenters. The number of carbonyl (C=O) groups excluding carboxylic acids is 6. The maximum atomic E-state index is 14.6. The van der Waals surface area contributed by atoms with Gasteiger partial charge in [-0.15, -0.1) is 0 Å². The van der Waals surface area contributed by atoms with Gasteiger partial charge in [0.25, 0.3) is 0 Å². The Morgan fingerprint density at radius 2 is 1.59 bits per heavy atom. The molecule has 15 nitrogen and oxygen atoms in total. The molecule has 0 bridgehead atoms. The van der Waals surface area contributed by atoms with Crippen LogP contribution in [0.2, 0.25) is 0 Å². The molecule has 1 saturated heterocycles. The van der Waals surface area contributed by atoms with Crippen molar-refractivity contribution in [1.29, 1.82) is 0 Å². The number of alkyl halides is 6. The van der Waals surface area contributed by atoms with Gasteiger partial charge in [0, 0.05) is 44.2 Å². The van der Waals surface area contributed by atoms with Gasteiger partial charge in [0.05, 0.1) is 43.1 Å². The van der Waals surface area contributed by atoms with Gasteiger partial charge in [-0.2, -0.15) is 26.3 Å². The Bertz CT molecular complexity index is 1860. The van der Waals surface area contributed by atoms with Gasteiger partial charge in [-0.1, -0.05) is 24.3 Å². The first-order valence-corrected chi connectivity index (χ1v) is 17.6. The maximum Gasteiger partial charge on any atom is 0.416 e. The van der Waals surface area contributed by atoms with Crippen molar-refractivity contribution in [2.45, 2.75) is 49.4 Å². The third-order valence-electron chi connectivity index (χ3n) is 10.2. The van der Waals surface area contributed by atoms with Crippen molar-refractivity contribution in [2.24, 2.45) is 17.4 Å². The molecule has 2 fully saturated rings. The SMILES string of the molecule is CNCC(=O)NCCN(CCNC(=O)CN)C(=O)CC(NC(=O)CN)C(=O)NC1CC2=C3C(C=C(C(F)(F)F)C=C2)C2C3[N+]2(c2cccc(C(F)(F)F)c2)C1=O. The zero-order chi connectivity index (χ0) is 41.2. The molecule has 2 heterocycles. The zero-order valence-corrected chi connectivity index (χ0v) is 30.1. The van der Waals surface area contributed by atoms with Crippen LogP contribution in [0.1, 0.15) is 18.4 Å². The summed E-state index contributed by atoms with van der Waals surface area (Å²) in [6.07, 6.45) is -7.60. The monoisotopic (exact) mass is 798 g/mol. The second-order valence-electron chi connectivity index (χ2n) is 13.7. The number of benzene rings is 1. The van der Waals surface area contributed by atoms with Crippen LogP contribution >= 0.6 is 0 Å². The Hall–Kier alpha value is -5.12. The van der Waals surface area contributed by atoms with E-state index >= 15 is 0 Å². The smallest absolute Gasteiger partial charge is 0.353 e. The minimum atomic E-state index is -4.81. The first-order valence-electron chi connectivity index (χ1n) is 17.6. The van der Waals surface area contributed by atoms with Crippen LogP contribution in [-0.4, -0.2) is 124 Å². The predicted octanol–water partition coefficient (Wildman–Crippen LogP) is -0.764. The topological polar surface area (TPSA) is 218 Å². The van der Waals surface area contributed by atoms with E-state index in [0.29, 0.717) is 11.1 Å². The predicted molar refractivity (Wildman–Crippen MR) is 187 cm³/mol.